The molecular formula is C17H13F3N4O4S. The van der Waals surface area contributed by atoms with E-state index in [1.807, 2.05) is 0 Å². The Morgan fingerprint density at radius 3 is 2.48 bits per heavy atom. The van der Waals surface area contributed by atoms with Gasteiger partial charge in [-0.2, -0.15) is 18.3 Å². The molecule has 0 spiro atoms. The molecule has 1 aromatic heterocycles. The SMILES string of the molecule is Cc1ccc(S(=O)(=O)Nc2cc(C(F)(F)F)ccc2-n2cccn2)cc1[N+](=O)[O-]. The van der Waals surface area contributed by atoms with E-state index in [-0.39, 0.29) is 16.9 Å². The number of nitro groups is 1. The summed E-state index contributed by atoms with van der Waals surface area (Å²) < 4.78 is 68.0. The Morgan fingerprint density at radius 1 is 1.17 bits per heavy atom. The van der Waals surface area contributed by atoms with Gasteiger partial charge in [-0.25, -0.2) is 13.1 Å². The first-order valence-corrected chi connectivity index (χ1v) is 9.46. The zero-order valence-corrected chi connectivity index (χ0v) is 15.5. The molecule has 0 amide bonds. The van der Waals surface area contributed by atoms with Gasteiger partial charge >= 0.3 is 6.18 Å². The third-order valence-corrected chi connectivity index (χ3v) is 5.37. The number of anilines is 1. The lowest BCUT2D eigenvalue weighted by Crippen LogP contribution is -2.16. The number of aryl methyl sites for hydroxylation is 1. The minimum Gasteiger partial charge on any atom is -0.277 e. The van der Waals surface area contributed by atoms with Gasteiger partial charge in [-0.15, -0.1) is 0 Å². The molecule has 8 nitrogen and oxygen atoms in total. The predicted molar refractivity (Wildman–Crippen MR) is 97.2 cm³/mol. The maximum atomic E-state index is 13.1. The second-order valence-electron chi connectivity index (χ2n) is 5.99. The molecule has 0 fully saturated rings. The lowest BCUT2D eigenvalue weighted by molar-refractivity contribution is -0.385. The fourth-order valence-electron chi connectivity index (χ4n) is 2.56. The molecule has 3 rings (SSSR count). The maximum absolute atomic E-state index is 13.1. The van der Waals surface area contributed by atoms with Crippen LogP contribution in [0.3, 0.4) is 0 Å². The molecule has 12 heteroatoms. The number of aromatic nitrogens is 2. The minimum absolute atomic E-state index is 0.0492. The standard InChI is InChI=1S/C17H13F3N4O4S/c1-11-3-5-13(10-16(11)24(25)26)29(27,28)22-14-9-12(17(18,19)20)4-6-15(14)23-8-2-7-21-23/h2-10,22H,1H3. The zero-order valence-electron chi connectivity index (χ0n) is 14.7. The molecule has 0 saturated heterocycles. The van der Waals surface area contributed by atoms with Crippen LogP contribution in [0, 0.1) is 17.0 Å². The molecule has 0 atom stereocenters. The first-order chi connectivity index (χ1) is 13.5. The predicted octanol–water partition coefficient (Wildman–Crippen LogP) is 3.91. The number of nitro benzene ring substituents is 1. The molecule has 0 aliphatic rings. The van der Waals surface area contributed by atoms with Crippen LogP contribution in [0.5, 0.6) is 0 Å². The van der Waals surface area contributed by atoms with Crippen LogP contribution in [0.25, 0.3) is 5.69 Å². The molecule has 2 aromatic carbocycles. The molecule has 0 saturated carbocycles. The van der Waals surface area contributed by atoms with Gasteiger partial charge < -0.3 is 0 Å². The number of hydrogen-bond donors (Lipinski definition) is 1. The molecule has 1 N–H and O–H groups in total. The number of benzene rings is 2. The Kier molecular flexibility index (Phi) is 5.05. The molecule has 3 aromatic rings. The first-order valence-electron chi connectivity index (χ1n) is 7.98. The topological polar surface area (TPSA) is 107 Å². The summed E-state index contributed by atoms with van der Waals surface area (Å²) in [5.74, 6) is 0. The smallest absolute Gasteiger partial charge is 0.277 e. The molecule has 0 bridgehead atoms. The number of nitrogens with one attached hydrogen (secondary N) is 1. The molecular weight excluding hydrogens is 413 g/mol. The van der Waals surface area contributed by atoms with Crippen molar-refractivity contribution >= 4 is 21.4 Å². The maximum Gasteiger partial charge on any atom is 0.416 e. The Labute approximate surface area is 162 Å². The number of nitrogens with zero attached hydrogens (tertiary/aromatic N) is 3. The Balaban J connectivity index is 2.10. The average Bonchev–Trinajstić information content (AvgIpc) is 3.15. The van der Waals surface area contributed by atoms with Crippen molar-refractivity contribution < 1.29 is 26.5 Å². The van der Waals surface area contributed by atoms with Crippen LogP contribution in [0.1, 0.15) is 11.1 Å². The fourth-order valence-corrected chi connectivity index (χ4v) is 3.65. The van der Waals surface area contributed by atoms with Crippen molar-refractivity contribution in [3.63, 3.8) is 0 Å². The molecule has 1 heterocycles. The Bertz CT molecular complexity index is 1180. The Hall–Kier alpha value is -3.41. The normalized spacial score (nSPS) is 12.0. The molecule has 0 radical (unpaired) electrons. The van der Waals surface area contributed by atoms with Crippen molar-refractivity contribution in [2.75, 3.05) is 4.72 Å². The van der Waals surface area contributed by atoms with Gasteiger partial charge in [0, 0.05) is 24.0 Å². The summed E-state index contributed by atoms with van der Waals surface area (Å²) in [6, 6.07) is 7.24. The van der Waals surface area contributed by atoms with E-state index in [0.29, 0.717) is 6.07 Å². The first kappa shape index (κ1) is 20.3. The lowest BCUT2D eigenvalue weighted by atomic mass is 10.1. The van der Waals surface area contributed by atoms with Crippen molar-refractivity contribution in [3.05, 3.63) is 76.1 Å². The second-order valence-corrected chi connectivity index (χ2v) is 7.67. The van der Waals surface area contributed by atoms with E-state index in [1.165, 1.54) is 36.1 Å². The van der Waals surface area contributed by atoms with Gasteiger partial charge in [-0.1, -0.05) is 6.07 Å². The number of alkyl halides is 3. The number of sulfonamides is 1. The third kappa shape index (κ3) is 4.21. The monoisotopic (exact) mass is 426 g/mol. The molecule has 0 unspecified atom stereocenters. The van der Waals surface area contributed by atoms with Gasteiger partial charge in [-0.3, -0.25) is 14.8 Å². The summed E-state index contributed by atoms with van der Waals surface area (Å²) in [5, 5.41) is 15.0. The summed E-state index contributed by atoms with van der Waals surface area (Å²) in [6.45, 7) is 1.44. The third-order valence-electron chi connectivity index (χ3n) is 4.01. The highest BCUT2D eigenvalue weighted by atomic mass is 32.2. The highest BCUT2D eigenvalue weighted by Crippen LogP contribution is 2.34. The van der Waals surface area contributed by atoms with Crippen LogP contribution in [-0.4, -0.2) is 23.1 Å². The van der Waals surface area contributed by atoms with Gasteiger partial charge in [-0.05, 0) is 37.3 Å². The van der Waals surface area contributed by atoms with Crippen LogP contribution in [0.15, 0.2) is 59.8 Å². The van der Waals surface area contributed by atoms with Crippen molar-refractivity contribution in [1.29, 1.82) is 0 Å². The summed E-state index contributed by atoms with van der Waals surface area (Å²) in [7, 11) is -4.42. The van der Waals surface area contributed by atoms with E-state index < -0.39 is 37.3 Å². The summed E-state index contributed by atoms with van der Waals surface area (Å²) in [4.78, 5) is 9.88. The van der Waals surface area contributed by atoms with E-state index in [4.69, 9.17) is 0 Å². The summed E-state index contributed by atoms with van der Waals surface area (Å²) >= 11 is 0. The van der Waals surface area contributed by atoms with E-state index in [2.05, 4.69) is 9.82 Å². The quantitative estimate of drug-likeness (QED) is 0.492. The summed E-state index contributed by atoms with van der Waals surface area (Å²) in [6.07, 6.45) is -1.90. The highest BCUT2D eigenvalue weighted by molar-refractivity contribution is 7.92. The van der Waals surface area contributed by atoms with Gasteiger partial charge in [0.1, 0.15) is 0 Å². The van der Waals surface area contributed by atoms with Crippen molar-refractivity contribution in [2.24, 2.45) is 0 Å². The second kappa shape index (κ2) is 7.20. The van der Waals surface area contributed by atoms with Crippen LogP contribution in [0.2, 0.25) is 0 Å². The van der Waals surface area contributed by atoms with Gasteiger partial charge in [0.05, 0.1) is 26.8 Å². The number of hydrogen-bond acceptors (Lipinski definition) is 5. The zero-order chi connectivity index (χ0) is 21.4. The van der Waals surface area contributed by atoms with E-state index in [9.17, 15) is 31.7 Å². The summed E-state index contributed by atoms with van der Waals surface area (Å²) in [5.41, 5.74) is -1.59. The largest absolute Gasteiger partial charge is 0.416 e. The molecule has 0 aliphatic carbocycles. The minimum atomic E-state index is -4.70. The van der Waals surface area contributed by atoms with Gasteiger partial charge in [0.2, 0.25) is 0 Å². The highest BCUT2D eigenvalue weighted by Gasteiger charge is 2.32. The Morgan fingerprint density at radius 2 is 1.90 bits per heavy atom. The van der Waals surface area contributed by atoms with E-state index in [1.54, 1.807) is 0 Å². The van der Waals surface area contributed by atoms with Crippen molar-refractivity contribution in [3.8, 4) is 5.69 Å². The fraction of sp³-hybridized carbons (Fsp3) is 0.118. The van der Waals surface area contributed by atoms with Gasteiger partial charge in [0.15, 0.2) is 0 Å². The van der Waals surface area contributed by atoms with Crippen LogP contribution in [0.4, 0.5) is 24.5 Å². The van der Waals surface area contributed by atoms with E-state index in [0.717, 1.165) is 24.3 Å². The van der Waals surface area contributed by atoms with Crippen LogP contribution < -0.4 is 4.72 Å². The van der Waals surface area contributed by atoms with E-state index >= 15 is 0 Å². The van der Waals surface area contributed by atoms with Crippen molar-refractivity contribution in [2.45, 2.75) is 18.0 Å². The van der Waals surface area contributed by atoms with Gasteiger partial charge in [0.25, 0.3) is 15.7 Å². The molecule has 152 valence electrons. The molecule has 29 heavy (non-hydrogen) atoms. The van der Waals surface area contributed by atoms with Crippen molar-refractivity contribution in [1.82, 2.24) is 9.78 Å². The average molecular weight is 426 g/mol. The molecule has 0 aliphatic heterocycles. The van der Waals surface area contributed by atoms with Crippen LogP contribution >= 0.6 is 0 Å². The number of halogens is 3. The number of rotatable bonds is 5. The van der Waals surface area contributed by atoms with Crippen LogP contribution in [-0.2, 0) is 16.2 Å². The lowest BCUT2D eigenvalue weighted by Gasteiger charge is -2.15.